The summed E-state index contributed by atoms with van der Waals surface area (Å²) in [5.41, 5.74) is 0.602. The molecule has 1 aliphatic rings. The van der Waals surface area contributed by atoms with Crippen LogP contribution in [0.3, 0.4) is 0 Å². The minimum atomic E-state index is -0.935. The highest BCUT2D eigenvalue weighted by atomic mass is 127. The number of imide groups is 2. The highest BCUT2D eigenvalue weighted by Gasteiger charge is 2.37. The van der Waals surface area contributed by atoms with E-state index in [1.165, 1.54) is 61.7 Å². The van der Waals surface area contributed by atoms with Crippen LogP contribution in [-0.2, 0) is 14.4 Å². The number of anilines is 2. The monoisotopic (exact) mass is 683 g/mol. The van der Waals surface area contributed by atoms with Crippen molar-refractivity contribution in [2.45, 2.75) is 0 Å². The lowest BCUT2D eigenvalue weighted by atomic mass is 10.1. The van der Waals surface area contributed by atoms with Crippen LogP contribution in [0, 0.1) is 9.39 Å². The lowest BCUT2D eigenvalue weighted by molar-refractivity contribution is -0.122. The van der Waals surface area contributed by atoms with Gasteiger partial charge in [0.15, 0.2) is 18.1 Å². The number of carbonyl (C=O) groups is 4. The smallest absolute Gasteiger partial charge is 0.335 e. The first-order valence-electron chi connectivity index (χ1n) is 11.0. The Hall–Kier alpha value is -3.68. The first-order chi connectivity index (χ1) is 18.6. The molecule has 0 saturated carbocycles. The molecule has 3 aromatic rings. The number of barbiturate groups is 1. The predicted octanol–water partition coefficient (Wildman–Crippen LogP) is 5.43. The zero-order valence-electron chi connectivity index (χ0n) is 19.9. The zero-order valence-corrected chi connectivity index (χ0v) is 23.6. The summed E-state index contributed by atoms with van der Waals surface area (Å²) in [7, 11) is 1.39. The quantitative estimate of drug-likeness (QED) is 0.195. The molecule has 3 aromatic carbocycles. The average molecular weight is 684 g/mol. The highest BCUT2D eigenvalue weighted by Crippen LogP contribution is 2.35. The van der Waals surface area contributed by atoms with Crippen LogP contribution < -0.4 is 25.0 Å². The third-order valence-corrected chi connectivity index (χ3v) is 6.84. The Bertz CT molecular complexity index is 1530. The Balaban J connectivity index is 1.56. The van der Waals surface area contributed by atoms with Gasteiger partial charge in [-0.1, -0.05) is 23.2 Å². The Morgan fingerprint density at radius 2 is 1.79 bits per heavy atom. The van der Waals surface area contributed by atoms with Gasteiger partial charge in [-0.15, -0.1) is 0 Å². The van der Waals surface area contributed by atoms with Crippen molar-refractivity contribution >= 4 is 87.0 Å². The Kier molecular flexibility index (Phi) is 8.73. The number of hydrogen-bond acceptors (Lipinski definition) is 6. The number of halogens is 4. The molecule has 2 N–H and O–H groups in total. The van der Waals surface area contributed by atoms with Crippen molar-refractivity contribution in [1.29, 1.82) is 0 Å². The van der Waals surface area contributed by atoms with Crippen molar-refractivity contribution in [2.75, 3.05) is 23.9 Å². The van der Waals surface area contributed by atoms with Crippen LogP contribution in [0.25, 0.3) is 6.08 Å². The molecule has 9 nitrogen and oxygen atoms in total. The number of carbonyl (C=O) groups excluding carboxylic acids is 4. The summed E-state index contributed by atoms with van der Waals surface area (Å²) >= 11 is 13.9. The number of nitrogens with zero attached hydrogens (tertiary/aromatic N) is 1. The van der Waals surface area contributed by atoms with Crippen molar-refractivity contribution in [2.24, 2.45) is 0 Å². The normalized spacial score (nSPS) is 14.3. The molecule has 1 saturated heterocycles. The molecule has 0 aromatic heterocycles. The van der Waals surface area contributed by atoms with E-state index in [-0.39, 0.29) is 39.4 Å². The molecule has 0 bridgehead atoms. The van der Waals surface area contributed by atoms with E-state index in [2.05, 4.69) is 10.6 Å². The molecule has 200 valence electrons. The second kappa shape index (κ2) is 12.0. The second-order valence-corrected chi connectivity index (χ2v) is 9.91. The minimum Gasteiger partial charge on any atom is -0.493 e. The molecule has 1 aliphatic heterocycles. The van der Waals surface area contributed by atoms with Crippen LogP contribution in [0.1, 0.15) is 5.56 Å². The molecule has 0 aliphatic carbocycles. The van der Waals surface area contributed by atoms with Crippen LogP contribution in [0.15, 0.2) is 60.2 Å². The lowest BCUT2D eigenvalue weighted by Crippen LogP contribution is -2.54. The number of benzene rings is 3. The fourth-order valence-electron chi connectivity index (χ4n) is 3.51. The van der Waals surface area contributed by atoms with Gasteiger partial charge in [0.2, 0.25) is 0 Å². The maximum Gasteiger partial charge on any atom is 0.335 e. The zero-order chi connectivity index (χ0) is 28.3. The summed E-state index contributed by atoms with van der Waals surface area (Å²) in [6, 6.07) is 11.6. The van der Waals surface area contributed by atoms with Crippen molar-refractivity contribution in [3.05, 3.63) is 85.2 Å². The average Bonchev–Trinajstić information content (AvgIpc) is 2.89. The van der Waals surface area contributed by atoms with Gasteiger partial charge in [-0.05, 0) is 88.8 Å². The van der Waals surface area contributed by atoms with E-state index in [1.807, 2.05) is 22.6 Å². The maximum atomic E-state index is 13.2. The van der Waals surface area contributed by atoms with Gasteiger partial charge in [0.05, 0.1) is 26.4 Å². The van der Waals surface area contributed by atoms with E-state index in [0.717, 1.165) is 4.90 Å². The first kappa shape index (κ1) is 28.3. The number of rotatable bonds is 7. The SMILES string of the molecule is COc1cc(/C=C2/C(=O)NC(=O)N(c3ccc(Cl)c(Cl)c3)C2=O)cc(I)c1OCC(=O)Nc1ccc(F)cc1. The lowest BCUT2D eigenvalue weighted by Gasteiger charge is -2.26. The number of urea groups is 1. The fraction of sp³-hybridized carbons (Fsp3) is 0.0769. The van der Waals surface area contributed by atoms with Gasteiger partial charge >= 0.3 is 6.03 Å². The van der Waals surface area contributed by atoms with Crippen LogP contribution in [-0.4, -0.2) is 37.5 Å². The van der Waals surface area contributed by atoms with Crippen LogP contribution in [0.5, 0.6) is 11.5 Å². The number of hydrogen-bond donors (Lipinski definition) is 2. The standard InChI is InChI=1S/C26H17Cl2FIN3O6/c1-38-21-10-13(9-20(30)23(21)39-12-22(34)31-15-4-2-14(29)3-5-15)8-17-24(35)32-26(37)33(25(17)36)16-6-7-18(27)19(28)11-16/h2-11H,12H2,1H3,(H,31,34)(H,32,35,37)/b17-8-. The topological polar surface area (TPSA) is 114 Å². The Morgan fingerprint density at radius 3 is 2.46 bits per heavy atom. The molecule has 0 radical (unpaired) electrons. The van der Waals surface area contributed by atoms with E-state index >= 15 is 0 Å². The van der Waals surface area contributed by atoms with Crippen LogP contribution in [0.2, 0.25) is 10.0 Å². The molecule has 13 heteroatoms. The van der Waals surface area contributed by atoms with Gasteiger partial charge in [0.25, 0.3) is 17.7 Å². The summed E-state index contributed by atoms with van der Waals surface area (Å²) in [6.45, 7) is -0.369. The van der Waals surface area contributed by atoms with Gasteiger partial charge in [0.1, 0.15) is 11.4 Å². The molecular formula is C26H17Cl2FIN3O6. The van der Waals surface area contributed by atoms with E-state index in [0.29, 0.717) is 14.8 Å². The van der Waals surface area contributed by atoms with Crippen LogP contribution >= 0.6 is 45.8 Å². The second-order valence-electron chi connectivity index (χ2n) is 7.93. The highest BCUT2D eigenvalue weighted by molar-refractivity contribution is 14.1. The number of ether oxygens (including phenoxy) is 2. The predicted molar refractivity (Wildman–Crippen MR) is 152 cm³/mol. The maximum absolute atomic E-state index is 13.2. The molecule has 1 fully saturated rings. The fourth-order valence-corrected chi connectivity index (χ4v) is 4.59. The third kappa shape index (κ3) is 6.49. The van der Waals surface area contributed by atoms with E-state index in [1.54, 1.807) is 6.07 Å². The van der Waals surface area contributed by atoms with Crippen molar-refractivity contribution < 1.29 is 33.0 Å². The summed E-state index contributed by atoms with van der Waals surface area (Å²) in [5, 5.41) is 5.07. The van der Waals surface area contributed by atoms with Crippen molar-refractivity contribution in [3.8, 4) is 11.5 Å². The van der Waals surface area contributed by atoms with E-state index in [9.17, 15) is 23.6 Å². The largest absolute Gasteiger partial charge is 0.493 e. The number of amides is 5. The van der Waals surface area contributed by atoms with Crippen molar-refractivity contribution in [1.82, 2.24) is 5.32 Å². The van der Waals surface area contributed by atoms with Gasteiger partial charge in [-0.2, -0.15) is 0 Å². The minimum absolute atomic E-state index is 0.124. The summed E-state index contributed by atoms with van der Waals surface area (Å²) in [6.07, 6.45) is 1.30. The van der Waals surface area contributed by atoms with Gasteiger partial charge in [0, 0.05) is 5.69 Å². The molecule has 1 heterocycles. The third-order valence-electron chi connectivity index (χ3n) is 5.30. The molecule has 4 rings (SSSR count). The van der Waals surface area contributed by atoms with Gasteiger partial charge in [-0.3, -0.25) is 19.7 Å². The van der Waals surface area contributed by atoms with Crippen molar-refractivity contribution in [3.63, 3.8) is 0 Å². The van der Waals surface area contributed by atoms with E-state index in [4.69, 9.17) is 32.7 Å². The Morgan fingerprint density at radius 1 is 1.08 bits per heavy atom. The number of methoxy groups -OCH3 is 1. The Labute approximate surface area is 245 Å². The van der Waals surface area contributed by atoms with Crippen LogP contribution in [0.4, 0.5) is 20.6 Å². The molecule has 5 amide bonds. The van der Waals surface area contributed by atoms with Gasteiger partial charge < -0.3 is 14.8 Å². The number of nitrogens with one attached hydrogen (secondary N) is 2. The first-order valence-corrected chi connectivity index (χ1v) is 12.8. The molecular weight excluding hydrogens is 667 g/mol. The van der Waals surface area contributed by atoms with E-state index < -0.39 is 29.6 Å². The van der Waals surface area contributed by atoms with Gasteiger partial charge in [-0.25, -0.2) is 14.1 Å². The molecule has 0 unspecified atom stereocenters. The summed E-state index contributed by atoms with van der Waals surface area (Å²) in [4.78, 5) is 51.2. The summed E-state index contributed by atoms with van der Waals surface area (Å²) in [5.74, 6) is -2.19. The molecule has 39 heavy (non-hydrogen) atoms. The molecule has 0 spiro atoms. The molecule has 0 atom stereocenters. The summed E-state index contributed by atoms with van der Waals surface area (Å²) < 4.78 is 24.6.